The van der Waals surface area contributed by atoms with Gasteiger partial charge in [0.2, 0.25) is 0 Å². The van der Waals surface area contributed by atoms with Gasteiger partial charge < -0.3 is 9.05 Å². The van der Waals surface area contributed by atoms with E-state index in [0.717, 1.165) is 33.4 Å². The molecule has 2 aliphatic carbocycles. The molecule has 0 aliphatic heterocycles. The van der Waals surface area contributed by atoms with Gasteiger partial charge in [0.1, 0.15) is 6.10 Å². The van der Waals surface area contributed by atoms with Crippen LogP contribution in [0.5, 0.6) is 0 Å². The molecule has 308 valence electrons. The Kier molecular flexibility index (Phi) is 18.8. The average molecular weight is 811 g/mol. The summed E-state index contributed by atoms with van der Waals surface area (Å²) < 4.78 is 50.7. The summed E-state index contributed by atoms with van der Waals surface area (Å²) in [7, 11) is -1.92. The Morgan fingerprint density at radius 1 is 0.607 bits per heavy atom. The molecule has 9 nitrogen and oxygen atoms in total. The number of phosphoric ester groups is 1. The lowest BCUT2D eigenvalue weighted by Gasteiger charge is -2.37. The van der Waals surface area contributed by atoms with Crippen LogP contribution in [0.4, 0.5) is 0 Å². The summed E-state index contributed by atoms with van der Waals surface area (Å²) in [5.41, 5.74) is 6.74. The minimum Gasteiger partial charge on any atom is -0.312 e. The minimum absolute atomic E-state index is 0.00692. The van der Waals surface area contributed by atoms with Gasteiger partial charge in [-0.25, -0.2) is 4.57 Å². The number of ketones is 2. The first-order valence-corrected chi connectivity index (χ1v) is 22.0. The highest BCUT2D eigenvalue weighted by atomic mass is 31.2. The van der Waals surface area contributed by atoms with E-state index in [1.807, 2.05) is 134 Å². The van der Waals surface area contributed by atoms with Crippen molar-refractivity contribution in [3.63, 3.8) is 0 Å². The Morgan fingerprint density at radius 2 is 1.00 bits per heavy atom. The maximum atomic E-state index is 13.2. The number of rotatable bonds is 18. The number of carbonyl (C=O) groups excluding carboxylic acids is 2. The molecule has 2 rings (SSSR count). The van der Waals surface area contributed by atoms with E-state index in [2.05, 4.69) is 13.8 Å². The van der Waals surface area contributed by atoms with Gasteiger partial charge in [0.25, 0.3) is 0 Å². The second kappa shape index (κ2) is 21.5. The number of carbonyl (C=O) groups is 2. The molecule has 0 spiro atoms. The van der Waals surface area contributed by atoms with Crippen LogP contribution in [0.25, 0.3) is 0 Å². The molecule has 0 heterocycles. The molecule has 0 N–H and O–H groups in total. The molecule has 0 saturated heterocycles. The van der Waals surface area contributed by atoms with Gasteiger partial charge in [-0.2, -0.15) is 0 Å². The van der Waals surface area contributed by atoms with Crippen molar-refractivity contribution in [3.05, 3.63) is 130 Å². The zero-order valence-electron chi connectivity index (χ0n) is 35.9. The molecule has 2 unspecified atom stereocenters. The molecule has 0 aromatic heterocycles. The van der Waals surface area contributed by atoms with Crippen LogP contribution in [-0.2, 0) is 41.3 Å². The second-order valence-electron chi connectivity index (χ2n) is 15.7. The zero-order chi connectivity index (χ0) is 42.5. The molecular formula is C45H64O9P2. The topological polar surface area (TPSA) is 114 Å². The molecule has 2 aliphatic rings. The van der Waals surface area contributed by atoms with Gasteiger partial charge in [0, 0.05) is 34.4 Å². The van der Waals surface area contributed by atoms with Crippen molar-refractivity contribution in [3.8, 4) is 0 Å². The quantitative estimate of drug-likeness (QED) is 0.0985. The third kappa shape index (κ3) is 14.3. The largest absolute Gasteiger partial charge is 0.474 e. The van der Waals surface area contributed by atoms with E-state index in [-0.39, 0.29) is 23.1 Å². The number of hydrogen-bond donors (Lipinski definition) is 0. The SMILES string of the molecule is COP(=O)(CC1CC(C)(C)C(/C=C/C(C)=C/C=C/C(C)=C/C=C/C=C(C)/C=C/C=C(C)/C=C/C2=C(C)C(=O)C(OP(=O)(OC)OC)CC2(C)C)=C(C)C1=O)OC. The third-order valence-electron chi connectivity index (χ3n) is 10.1. The fourth-order valence-electron chi connectivity index (χ4n) is 6.83. The Morgan fingerprint density at radius 3 is 1.43 bits per heavy atom. The van der Waals surface area contributed by atoms with Crippen LogP contribution in [-0.4, -0.2) is 52.3 Å². The Bertz CT molecular complexity index is 1750. The van der Waals surface area contributed by atoms with Crippen LogP contribution in [0, 0.1) is 16.7 Å². The van der Waals surface area contributed by atoms with Crippen LogP contribution in [0.2, 0.25) is 0 Å². The third-order valence-corrected chi connectivity index (χ3v) is 13.5. The van der Waals surface area contributed by atoms with E-state index < -0.39 is 32.9 Å². The van der Waals surface area contributed by atoms with E-state index in [4.69, 9.17) is 22.6 Å². The standard InChI is InChI=1S/C45H64O9P2/c1-32(21-17-23-34(3)25-27-39-36(5)42(46)38(29-44(39,7)8)31-55(48,50-11)51-12)19-15-16-20-33(2)22-18-24-35(4)26-28-40-37(6)43(47)41(30-45(40,9)10)54-56(49,52-13)53-14/h15-28,38,41H,29-31H2,1-14H3/b16-15+,21-17+,22-18+,27-25+,28-26+,32-19+,33-20+,34-23+,35-24+. The highest BCUT2D eigenvalue weighted by Gasteiger charge is 2.43. The molecule has 2 atom stereocenters. The normalized spacial score (nSPS) is 22.5. The van der Waals surface area contributed by atoms with E-state index in [9.17, 15) is 18.7 Å². The molecule has 0 fully saturated rings. The predicted octanol–water partition coefficient (Wildman–Crippen LogP) is 12.1. The van der Waals surface area contributed by atoms with Crippen LogP contribution < -0.4 is 0 Å². The molecule has 56 heavy (non-hydrogen) atoms. The fourth-order valence-corrected chi connectivity index (χ4v) is 8.91. The minimum atomic E-state index is -3.79. The van der Waals surface area contributed by atoms with Gasteiger partial charge in [-0.3, -0.25) is 27.7 Å². The van der Waals surface area contributed by atoms with Crippen molar-refractivity contribution in [2.75, 3.05) is 34.6 Å². The van der Waals surface area contributed by atoms with E-state index in [1.165, 1.54) is 28.4 Å². The Hall–Kier alpha value is -3.26. The first-order chi connectivity index (χ1) is 26.1. The molecule has 0 radical (unpaired) electrons. The van der Waals surface area contributed by atoms with Gasteiger partial charge >= 0.3 is 15.4 Å². The van der Waals surface area contributed by atoms with Crippen molar-refractivity contribution < 1.29 is 41.3 Å². The molecule has 0 aromatic rings. The molecule has 11 heteroatoms. The average Bonchev–Trinajstić information content (AvgIpc) is 3.13. The molecule has 0 aromatic carbocycles. The van der Waals surface area contributed by atoms with Crippen LogP contribution >= 0.6 is 15.4 Å². The van der Waals surface area contributed by atoms with Crippen molar-refractivity contribution in [1.82, 2.24) is 0 Å². The van der Waals surface area contributed by atoms with Crippen LogP contribution in [0.1, 0.15) is 82.1 Å². The highest BCUT2D eigenvalue weighted by Crippen LogP contribution is 2.53. The van der Waals surface area contributed by atoms with Crippen molar-refractivity contribution in [2.24, 2.45) is 16.7 Å². The summed E-state index contributed by atoms with van der Waals surface area (Å²) in [5.74, 6) is -0.644. The lowest BCUT2D eigenvalue weighted by atomic mass is 9.68. The smallest absolute Gasteiger partial charge is 0.312 e. The predicted molar refractivity (Wildman–Crippen MR) is 229 cm³/mol. The number of phosphoric acid groups is 1. The van der Waals surface area contributed by atoms with Gasteiger partial charge in [0.15, 0.2) is 11.6 Å². The lowest BCUT2D eigenvalue weighted by Crippen LogP contribution is -2.37. The van der Waals surface area contributed by atoms with Crippen molar-refractivity contribution in [2.45, 2.75) is 88.2 Å². The molecular weight excluding hydrogens is 746 g/mol. The maximum Gasteiger partial charge on any atom is 0.474 e. The zero-order valence-corrected chi connectivity index (χ0v) is 37.7. The summed E-state index contributed by atoms with van der Waals surface area (Å²) in [5, 5.41) is 0. The fraction of sp³-hybridized carbons (Fsp3) is 0.467. The van der Waals surface area contributed by atoms with Crippen LogP contribution in [0.15, 0.2) is 130 Å². The molecule has 0 amide bonds. The highest BCUT2D eigenvalue weighted by molar-refractivity contribution is 7.53. The Labute approximate surface area is 336 Å². The van der Waals surface area contributed by atoms with E-state index in [0.29, 0.717) is 24.0 Å². The summed E-state index contributed by atoms with van der Waals surface area (Å²) in [4.78, 5) is 26.3. The number of Topliss-reactive ketones (excluding diaryl/α,β-unsaturated/α-hetero) is 2. The maximum absolute atomic E-state index is 13.2. The van der Waals surface area contributed by atoms with Gasteiger partial charge in [-0.05, 0) is 87.5 Å². The van der Waals surface area contributed by atoms with Crippen molar-refractivity contribution >= 4 is 27.0 Å². The number of hydrogen-bond acceptors (Lipinski definition) is 9. The van der Waals surface area contributed by atoms with Gasteiger partial charge in [-0.1, -0.05) is 135 Å². The monoisotopic (exact) mass is 810 g/mol. The summed E-state index contributed by atoms with van der Waals surface area (Å²) in [6, 6.07) is 0. The second-order valence-corrected chi connectivity index (χ2v) is 19.8. The van der Waals surface area contributed by atoms with Gasteiger partial charge in [0.05, 0.1) is 6.16 Å². The van der Waals surface area contributed by atoms with E-state index in [1.54, 1.807) is 6.92 Å². The van der Waals surface area contributed by atoms with E-state index >= 15 is 0 Å². The van der Waals surface area contributed by atoms with Gasteiger partial charge in [-0.15, -0.1) is 0 Å². The first kappa shape index (κ1) is 48.9. The Balaban J connectivity index is 2.01. The summed E-state index contributed by atoms with van der Waals surface area (Å²) >= 11 is 0. The first-order valence-electron chi connectivity index (χ1n) is 18.8. The van der Waals surface area contributed by atoms with Crippen LogP contribution in [0.3, 0.4) is 0 Å². The van der Waals surface area contributed by atoms with Crippen molar-refractivity contribution in [1.29, 1.82) is 0 Å². The summed E-state index contributed by atoms with van der Waals surface area (Å²) in [6.07, 6.45) is 28.3. The molecule has 0 bridgehead atoms. The number of allylic oxidation sites excluding steroid dienone is 21. The summed E-state index contributed by atoms with van der Waals surface area (Å²) in [6.45, 7) is 20.0. The lowest BCUT2D eigenvalue weighted by molar-refractivity contribution is -0.125. The molecule has 0 saturated carbocycles.